The largest absolute Gasteiger partial charge is 0.480 e. The second kappa shape index (κ2) is 7.47. The highest BCUT2D eigenvalue weighted by molar-refractivity contribution is 7.20. The maximum absolute atomic E-state index is 12.6. The van der Waals surface area contributed by atoms with Gasteiger partial charge in [-0.2, -0.15) is 5.10 Å². The number of hydrogen-bond acceptors (Lipinski definition) is 4. The van der Waals surface area contributed by atoms with Crippen LogP contribution in [-0.2, 0) is 11.3 Å². The number of carbonyl (C=O) groups excluding carboxylic acids is 1. The number of rotatable bonds is 6. The van der Waals surface area contributed by atoms with Gasteiger partial charge in [-0.3, -0.25) is 14.3 Å². The number of halogens is 1. The Labute approximate surface area is 159 Å². The van der Waals surface area contributed by atoms with E-state index in [0.29, 0.717) is 23.0 Å². The van der Waals surface area contributed by atoms with Crippen LogP contribution in [0.3, 0.4) is 0 Å². The molecule has 0 fully saturated rings. The van der Waals surface area contributed by atoms with Crippen LogP contribution in [0.15, 0.2) is 30.3 Å². The van der Waals surface area contributed by atoms with Gasteiger partial charge in [0.05, 0.1) is 17.1 Å². The predicted molar refractivity (Wildman–Crippen MR) is 102 cm³/mol. The van der Waals surface area contributed by atoms with Crippen LogP contribution in [0.1, 0.15) is 27.9 Å². The van der Waals surface area contributed by atoms with E-state index in [2.05, 4.69) is 5.10 Å². The van der Waals surface area contributed by atoms with Gasteiger partial charge in [-0.15, -0.1) is 11.3 Å². The smallest absolute Gasteiger partial charge is 0.323 e. The first-order valence-electron chi connectivity index (χ1n) is 8.11. The minimum Gasteiger partial charge on any atom is -0.480 e. The molecule has 0 saturated heterocycles. The van der Waals surface area contributed by atoms with Gasteiger partial charge in [0.1, 0.15) is 11.4 Å². The van der Waals surface area contributed by atoms with Crippen molar-refractivity contribution in [2.45, 2.75) is 20.4 Å². The maximum atomic E-state index is 12.6. The molecule has 2 heterocycles. The van der Waals surface area contributed by atoms with E-state index in [1.54, 1.807) is 13.0 Å². The van der Waals surface area contributed by atoms with E-state index in [0.717, 1.165) is 21.5 Å². The number of amides is 1. The summed E-state index contributed by atoms with van der Waals surface area (Å²) in [5, 5.41) is 15.1. The molecule has 6 nitrogen and oxygen atoms in total. The number of fused-ring (bicyclic) bond motifs is 1. The van der Waals surface area contributed by atoms with Crippen LogP contribution in [0.5, 0.6) is 0 Å². The van der Waals surface area contributed by atoms with E-state index >= 15 is 0 Å². The monoisotopic (exact) mass is 391 g/mol. The van der Waals surface area contributed by atoms with Gasteiger partial charge in [0, 0.05) is 17.0 Å². The standard InChI is InChI=1S/C18H18ClN3O3S/c1-3-21(10-16(23)24)17(25)15-8-14-11(2)20-22(18(14)26-15)9-12-4-6-13(19)7-5-12/h4-8H,3,9-10H2,1-2H3,(H,23,24). The summed E-state index contributed by atoms with van der Waals surface area (Å²) in [4.78, 5) is 26.3. The van der Waals surface area contributed by atoms with Crippen LogP contribution in [0.4, 0.5) is 0 Å². The van der Waals surface area contributed by atoms with Crippen molar-refractivity contribution in [2.75, 3.05) is 13.1 Å². The quantitative estimate of drug-likeness (QED) is 0.695. The molecule has 3 rings (SSSR count). The van der Waals surface area contributed by atoms with Crippen LogP contribution in [0.2, 0.25) is 5.02 Å². The van der Waals surface area contributed by atoms with E-state index < -0.39 is 5.97 Å². The number of hydrogen-bond donors (Lipinski definition) is 1. The number of aromatic nitrogens is 2. The lowest BCUT2D eigenvalue weighted by Gasteiger charge is -2.17. The normalized spacial score (nSPS) is 11.0. The van der Waals surface area contributed by atoms with E-state index in [1.165, 1.54) is 16.2 Å². The average Bonchev–Trinajstić information content (AvgIpc) is 3.16. The Hall–Kier alpha value is -2.38. The molecule has 1 N–H and O–H groups in total. The Morgan fingerprint density at radius 2 is 2.00 bits per heavy atom. The summed E-state index contributed by atoms with van der Waals surface area (Å²) in [7, 11) is 0. The maximum Gasteiger partial charge on any atom is 0.323 e. The molecule has 0 saturated carbocycles. The lowest BCUT2D eigenvalue weighted by Crippen LogP contribution is -2.34. The first kappa shape index (κ1) is 18.4. The van der Waals surface area contributed by atoms with Gasteiger partial charge in [0.25, 0.3) is 5.91 Å². The zero-order valence-electron chi connectivity index (χ0n) is 14.4. The summed E-state index contributed by atoms with van der Waals surface area (Å²) in [6, 6.07) is 9.35. The number of carboxylic acid groups (broad SMARTS) is 1. The fraction of sp³-hybridized carbons (Fsp3) is 0.278. The fourth-order valence-electron chi connectivity index (χ4n) is 2.73. The number of likely N-dealkylation sites (N-methyl/N-ethyl adjacent to an activating group) is 1. The molecule has 1 amide bonds. The summed E-state index contributed by atoms with van der Waals surface area (Å²) >= 11 is 7.26. The third kappa shape index (κ3) is 3.73. The summed E-state index contributed by atoms with van der Waals surface area (Å²) in [5.41, 5.74) is 1.90. The van der Waals surface area contributed by atoms with Gasteiger partial charge < -0.3 is 10.0 Å². The second-order valence-corrected chi connectivity index (χ2v) is 7.38. The highest BCUT2D eigenvalue weighted by atomic mass is 35.5. The number of carbonyl (C=O) groups is 2. The molecule has 0 atom stereocenters. The topological polar surface area (TPSA) is 75.4 Å². The van der Waals surface area contributed by atoms with Gasteiger partial charge in [-0.25, -0.2) is 0 Å². The van der Waals surface area contributed by atoms with Crippen LogP contribution < -0.4 is 0 Å². The second-order valence-electron chi connectivity index (χ2n) is 5.91. The Balaban J connectivity index is 1.92. The molecule has 0 spiro atoms. The van der Waals surface area contributed by atoms with Crippen molar-refractivity contribution in [3.05, 3.63) is 51.5 Å². The number of aryl methyl sites for hydroxylation is 1. The van der Waals surface area contributed by atoms with Gasteiger partial charge in [-0.05, 0) is 37.6 Å². The molecular weight excluding hydrogens is 374 g/mol. The zero-order chi connectivity index (χ0) is 18.8. The van der Waals surface area contributed by atoms with Gasteiger partial charge >= 0.3 is 5.97 Å². The Morgan fingerprint density at radius 1 is 1.31 bits per heavy atom. The lowest BCUT2D eigenvalue weighted by molar-refractivity contribution is -0.137. The molecule has 26 heavy (non-hydrogen) atoms. The highest BCUT2D eigenvalue weighted by Gasteiger charge is 2.21. The van der Waals surface area contributed by atoms with Crippen molar-refractivity contribution in [2.24, 2.45) is 0 Å². The summed E-state index contributed by atoms with van der Waals surface area (Å²) in [5.74, 6) is -1.29. The summed E-state index contributed by atoms with van der Waals surface area (Å²) in [6.45, 7) is 4.27. The van der Waals surface area contributed by atoms with Crippen molar-refractivity contribution in [1.29, 1.82) is 0 Å². The van der Waals surface area contributed by atoms with Crippen molar-refractivity contribution < 1.29 is 14.7 Å². The zero-order valence-corrected chi connectivity index (χ0v) is 16.0. The molecule has 0 aliphatic carbocycles. The molecule has 0 aliphatic heterocycles. The Bertz CT molecular complexity index is 962. The summed E-state index contributed by atoms with van der Waals surface area (Å²) in [6.07, 6.45) is 0. The van der Waals surface area contributed by atoms with E-state index in [9.17, 15) is 9.59 Å². The minimum atomic E-state index is -1.02. The number of aliphatic carboxylic acids is 1. The van der Waals surface area contributed by atoms with E-state index in [4.69, 9.17) is 16.7 Å². The number of nitrogens with zero attached hydrogens (tertiary/aromatic N) is 3. The third-order valence-electron chi connectivity index (χ3n) is 4.06. The number of benzene rings is 1. The molecule has 0 aliphatic rings. The molecule has 2 aromatic heterocycles. The summed E-state index contributed by atoms with van der Waals surface area (Å²) < 4.78 is 1.86. The van der Waals surface area contributed by atoms with Gasteiger partial charge in [0.2, 0.25) is 0 Å². The SMILES string of the molecule is CCN(CC(=O)O)C(=O)c1cc2c(C)nn(Cc3ccc(Cl)cc3)c2s1. The van der Waals surface area contributed by atoms with Crippen molar-refractivity contribution >= 4 is 45.0 Å². The number of thiophene rings is 1. The first-order chi connectivity index (χ1) is 12.4. The molecule has 8 heteroatoms. The molecule has 0 bridgehead atoms. The van der Waals surface area contributed by atoms with Crippen LogP contribution in [0, 0.1) is 6.92 Å². The van der Waals surface area contributed by atoms with E-state index in [1.807, 2.05) is 35.9 Å². The van der Waals surface area contributed by atoms with Gasteiger partial charge in [0.15, 0.2) is 0 Å². The van der Waals surface area contributed by atoms with E-state index in [-0.39, 0.29) is 12.5 Å². The third-order valence-corrected chi connectivity index (χ3v) is 5.45. The molecule has 1 aromatic carbocycles. The first-order valence-corrected chi connectivity index (χ1v) is 9.31. The molecular formula is C18H18ClN3O3S. The highest BCUT2D eigenvalue weighted by Crippen LogP contribution is 2.29. The van der Waals surface area contributed by atoms with Crippen molar-refractivity contribution in [3.63, 3.8) is 0 Å². The van der Waals surface area contributed by atoms with Crippen molar-refractivity contribution in [3.8, 4) is 0 Å². The van der Waals surface area contributed by atoms with Crippen LogP contribution >= 0.6 is 22.9 Å². The Morgan fingerprint density at radius 3 is 2.62 bits per heavy atom. The van der Waals surface area contributed by atoms with Gasteiger partial charge in [-0.1, -0.05) is 23.7 Å². The van der Waals surface area contributed by atoms with Crippen LogP contribution in [0.25, 0.3) is 10.2 Å². The molecule has 136 valence electrons. The minimum absolute atomic E-state index is 0.270. The molecule has 0 radical (unpaired) electrons. The fourth-order valence-corrected chi connectivity index (χ4v) is 3.99. The van der Waals surface area contributed by atoms with Crippen molar-refractivity contribution in [1.82, 2.24) is 14.7 Å². The average molecular weight is 392 g/mol. The lowest BCUT2D eigenvalue weighted by atomic mass is 10.2. The molecule has 0 unspecified atom stereocenters. The molecule has 3 aromatic rings. The predicted octanol–water partition coefficient (Wildman–Crippen LogP) is 3.65. The Kier molecular flexibility index (Phi) is 5.29. The van der Waals surface area contributed by atoms with Crippen LogP contribution in [-0.4, -0.2) is 44.8 Å². The number of carboxylic acids is 1.